The summed E-state index contributed by atoms with van der Waals surface area (Å²) in [5, 5.41) is 2.62. The van der Waals surface area contributed by atoms with E-state index in [0.29, 0.717) is 10.6 Å². The molecule has 0 saturated carbocycles. The fourth-order valence-electron chi connectivity index (χ4n) is 3.34. The average Bonchev–Trinajstić information content (AvgIpc) is 2.79. The zero-order chi connectivity index (χ0) is 24.5. The van der Waals surface area contributed by atoms with E-state index in [9.17, 15) is 22.8 Å². The molecule has 1 aromatic heterocycles. The van der Waals surface area contributed by atoms with Gasteiger partial charge in [0.25, 0.3) is 5.91 Å². The average molecular weight is 488 g/mol. The second-order valence-corrected chi connectivity index (χ2v) is 7.91. The third-order valence-electron chi connectivity index (χ3n) is 4.98. The van der Waals surface area contributed by atoms with Crippen LogP contribution in [0.5, 0.6) is 5.75 Å². The molecule has 0 atom stereocenters. The highest BCUT2D eigenvalue weighted by Crippen LogP contribution is 2.35. The second kappa shape index (κ2) is 9.23. The van der Waals surface area contributed by atoms with E-state index in [0.717, 1.165) is 17.7 Å². The molecule has 1 heterocycles. The minimum absolute atomic E-state index is 0.0864. The summed E-state index contributed by atoms with van der Waals surface area (Å²) in [6.45, 7) is 1.17. The van der Waals surface area contributed by atoms with Gasteiger partial charge in [-0.1, -0.05) is 53.6 Å². The first-order valence-corrected chi connectivity index (χ1v) is 10.4. The van der Waals surface area contributed by atoms with Gasteiger partial charge in [-0.3, -0.25) is 9.59 Å². The first-order chi connectivity index (χ1) is 16.1. The number of ether oxygens (including phenoxy) is 1. The van der Waals surface area contributed by atoms with Crippen LogP contribution in [0.25, 0.3) is 22.3 Å². The van der Waals surface area contributed by atoms with Crippen LogP contribution in [0.3, 0.4) is 0 Å². The standard InChI is InChI=1S/C25H17ClF3NO4/c1-14-6-8-15(9-7-14)23-24(22(32)17-12-16(26)10-11-20(17)34-23)33-13-21(31)30-19-5-3-2-4-18(19)25(27,28)29/h2-12H,13H2,1H3,(H,30,31). The van der Waals surface area contributed by atoms with Crippen LogP contribution in [0, 0.1) is 6.92 Å². The van der Waals surface area contributed by atoms with Crippen molar-refractivity contribution in [2.24, 2.45) is 0 Å². The summed E-state index contributed by atoms with van der Waals surface area (Å²) in [5.74, 6) is -1.04. The number of benzene rings is 3. The summed E-state index contributed by atoms with van der Waals surface area (Å²) in [7, 11) is 0. The molecule has 9 heteroatoms. The number of halogens is 4. The van der Waals surface area contributed by atoms with Crippen LogP contribution in [0.2, 0.25) is 5.02 Å². The number of anilines is 1. The highest BCUT2D eigenvalue weighted by molar-refractivity contribution is 6.31. The zero-order valence-electron chi connectivity index (χ0n) is 17.7. The maximum Gasteiger partial charge on any atom is 0.418 e. The lowest BCUT2D eigenvalue weighted by Crippen LogP contribution is -2.24. The lowest BCUT2D eigenvalue weighted by atomic mass is 10.1. The Kier molecular flexibility index (Phi) is 6.34. The second-order valence-electron chi connectivity index (χ2n) is 7.48. The number of para-hydroxylation sites is 1. The molecule has 0 aliphatic carbocycles. The van der Waals surface area contributed by atoms with Crippen LogP contribution in [0.15, 0.2) is 75.9 Å². The first kappa shape index (κ1) is 23.4. The van der Waals surface area contributed by atoms with Gasteiger partial charge in [-0.25, -0.2) is 0 Å². The fraction of sp³-hybridized carbons (Fsp3) is 0.120. The Labute approximate surface area is 196 Å². The van der Waals surface area contributed by atoms with E-state index in [-0.39, 0.29) is 22.5 Å². The summed E-state index contributed by atoms with van der Waals surface area (Å²) < 4.78 is 51.0. The van der Waals surface area contributed by atoms with Crippen molar-refractivity contribution in [3.63, 3.8) is 0 Å². The van der Waals surface area contributed by atoms with E-state index in [1.165, 1.54) is 18.2 Å². The quantitative estimate of drug-likeness (QED) is 0.351. The number of rotatable bonds is 5. The van der Waals surface area contributed by atoms with Crippen LogP contribution >= 0.6 is 11.6 Å². The van der Waals surface area contributed by atoms with Crippen LogP contribution in [-0.4, -0.2) is 12.5 Å². The van der Waals surface area contributed by atoms with Gasteiger partial charge in [0.2, 0.25) is 11.2 Å². The van der Waals surface area contributed by atoms with Gasteiger partial charge in [-0.2, -0.15) is 13.2 Å². The topological polar surface area (TPSA) is 68.5 Å². The molecule has 4 aromatic rings. The van der Waals surface area contributed by atoms with Gasteiger partial charge in [0.1, 0.15) is 5.58 Å². The maximum absolute atomic E-state index is 13.2. The number of alkyl halides is 3. The lowest BCUT2D eigenvalue weighted by Gasteiger charge is -2.15. The zero-order valence-corrected chi connectivity index (χ0v) is 18.5. The summed E-state index contributed by atoms with van der Waals surface area (Å²) in [6, 6.07) is 16.2. The van der Waals surface area contributed by atoms with Gasteiger partial charge in [0.15, 0.2) is 12.4 Å². The lowest BCUT2D eigenvalue weighted by molar-refractivity contribution is -0.137. The number of carbonyl (C=O) groups excluding carboxylic acids is 1. The molecule has 0 aliphatic heterocycles. The van der Waals surface area contributed by atoms with Crippen molar-refractivity contribution in [2.75, 3.05) is 11.9 Å². The van der Waals surface area contributed by atoms with E-state index in [1.54, 1.807) is 24.3 Å². The highest BCUT2D eigenvalue weighted by atomic mass is 35.5. The van der Waals surface area contributed by atoms with Crippen LogP contribution < -0.4 is 15.5 Å². The van der Waals surface area contributed by atoms with Crippen molar-refractivity contribution >= 4 is 34.2 Å². The summed E-state index contributed by atoms with van der Waals surface area (Å²) in [4.78, 5) is 25.6. The monoisotopic (exact) mass is 487 g/mol. The smallest absolute Gasteiger partial charge is 0.418 e. The molecule has 4 rings (SSSR count). The summed E-state index contributed by atoms with van der Waals surface area (Å²) in [6.07, 6.45) is -4.65. The van der Waals surface area contributed by atoms with E-state index in [1.807, 2.05) is 19.1 Å². The van der Waals surface area contributed by atoms with Gasteiger partial charge in [-0.05, 0) is 37.3 Å². The molecule has 0 fully saturated rings. The summed E-state index contributed by atoms with van der Waals surface area (Å²) >= 11 is 6.01. The third kappa shape index (κ3) is 4.92. The van der Waals surface area contributed by atoms with Gasteiger partial charge in [0, 0.05) is 10.6 Å². The number of aryl methyl sites for hydroxylation is 1. The molecule has 0 bridgehead atoms. The predicted octanol–water partition coefficient (Wildman–Crippen LogP) is 6.46. The van der Waals surface area contributed by atoms with Gasteiger partial charge in [0.05, 0.1) is 16.6 Å². The molecule has 5 nitrogen and oxygen atoms in total. The SMILES string of the molecule is Cc1ccc(-c2oc3ccc(Cl)cc3c(=O)c2OCC(=O)Nc2ccccc2C(F)(F)F)cc1. The Hall–Kier alpha value is -3.78. The third-order valence-corrected chi connectivity index (χ3v) is 5.21. The van der Waals surface area contributed by atoms with Crippen LogP contribution in [0.1, 0.15) is 11.1 Å². The number of carbonyl (C=O) groups is 1. The Balaban J connectivity index is 1.68. The van der Waals surface area contributed by atoms with E-state index >= 15 is 0 Å². The van der Waals surface area contributed by atoms with Crippen molar-refractivity contribution in [2.45, 2.75) is 13.1 Å². The molecule has 1 amide bonds. The maximum atomic E-state index is 13.2. The van der Waals surface area contributed by atoms with Gasteiger partial charge < -0.3 is 14.5 Å². The molecule has 0 aliphatic rings. The Morgan fingerprint density at radius 1 is 1.06 bits per heavy atom. The highest BCUT2D eigenvalue weighted by Gasteiger charge is 2.33. The number of hydrogen-bond donors (Lipinski definition) is 1. The number of fused-ring (bicyclic) bond motifs is 1. The van der Waals surface area contributed by atoms with Crippen LogP contribution in [-0.2, 0) is 11.0 Å². The molecule has 174 valence electrons. The van der Waals surface area contributed by atoms with Crippen molar-refractivity contribution in [1.29, 1.82) is 0 Å². The van der Waals surface area contributed by atoms with E-state index in [2.05, 4.69) is 5.32 Å². The molecular formula is C25H17ClF3NO4. The Morgan fingerprint density at radius 2 is 1.76 bits per heavy atom. The molecular weight excluding hydrogens is 471 g/mol. The van der Waals surface area contributed by atoms with Crippen molar-refractivity contribution in [3.8, 4) is 17.1 Å². The number of amides is 1. The van der Waals surface area contributed by atoms with E-state index < -0.39 is 35.4 Å². The number of nitrogens with one attached hydrogen (secondary N) is 1. The molecule has 0 unspecified atom stereocenters. The molecule has 1 N–H and O–H groups in total. The molecule has 0 radical (unpaired) electrons. The summed E-state index contributed by atoms with van der Waals surface area (Å²) in [5.41, 5.74) is -0.215. The molecule has 0 saturated heterocycles. The number of hydrogen-bond acceptors (Lipinski definition) is 4. The molecule has 34 heavy (non-hydrogen) atoms. The van der Waals surface area contributed by atoms with Crippen molar-refractivity contribution in [3.05, 3.63) is 93.1 Å². The molecule has 3 aromatic carbocycles. The minimum Gasteiger partial charge on any atom is -0.476 e. The predicted molar refractivity (Wildman–Crippen MR) is 123 cm³/mol. The normalized spacial score (nSPS) is 11.4. The van der Waals surface area contributed by atoms with Gasteiger partial charge >= 0.3 is 6.18 Å². The van der Waals surface area contributed by atoms with E-state index in [4.69, 9.17) is 20.8 Å². The van der Waals surface area contributed by atoms with Crippen LogP contribution in [0.4, 0.5) is 18.9 Å². The van der Waals surface area contributed by atoms with Crippen molar-refractivity contribution in [1.82, 2.24) is 0 Å². The van der Waals surface area contributed by atoms with Crippen molar-refractivity contribution < 1.29 is 27.1 Å². The fourth-order valence-corrected chi connectivity index (χ4v) is 3.51. The largest absolute Gasteiger partial charge is 0.476 e. The molecule has 0 spiro atoms. The Bertz CT molecular complexity index is 1430. The minimum atomic E-state index is -4.65. The Morgan fingerprint density at radius 3 is 2.47 bits per heavy atom. The first-order valence-electron chi connectivity index (χ1n) is 10.1. The van der Waals surface area contributed by atoms with Gasteiger partial charge in [-0.15, -0.1) is 0 Å².